The molecule has 2 amide bonds. The van der Waals surface area contributed by atoms with Gasteiger partial charge in [-0.25, -0.2) is 4.90 Å². The molecule has 1 aliphatic heterocycles. The first-order valence-electron chi connectivity index (χ1n) is 6.35. The second-order valence-corrected chi connectivity index (χ2v) is 4.76. The molecule has 5 nitrogen and oxygen atoms in total. The molecule has 102 valence electrons. The molecule has 0 bridgehead atoms. The van der Waals surface area contributed by atoms with Gasteiger partial charge in [0.1, 0.15) is 5.75 Å². The van der Waals surface area contributed by atoms with Gasteiger partial charge in [0, 0.05) is 0 Å². The van der Waals surface area contributed by atoms with Gasteiger partial charge in [-0.15, -0.1) is 0 Å². The van der Waals surface area contributed by atoms with Gasteiger partial charge in [0.15, 0.2) is 5.58 Å². The van der Waals surface area contributed by atoms with E-state index in [9.17, 15) is 14.7 Å². The summed E-state index contributed by atoms with van der Waals surface area (Å²) in [5, 5.41) is 10.4. The molecule has 1 aliphatic rings. The predicted octanol–water partition coefficient (Wildman–Crippen LogP) is 2.94. The highest BCUT2D eigenvalue weighted by Crippen LogP contribution is 2.37. The summed E-state index contributed by atoms with van der Waals surface area (Å²) in [6.45, 7) is 0. The van der Waals surface area contributed by atoms with Crippen molar-refractivity contribution in [2.45, 2.75) is 0 Å². The van der Waals surface area contributed by atoms with Crippen LogP contribution >= 0.6 is 0 Å². The Bertz CT molecular complexity index is 895. The van der Waals surface area contributed by atoms with E-state index in [4.69, 9.17) is 4.42 Å². The minimum atomic E-state index is -0.463. The van der Waals surface area contributed by atoms with Crippen LogP contribution in [0.25, 0.3) is 11.0 Å². The van der Waals surface area contributed by atoms with Gasteiger partial charge >= 0.3 is 0 Å². The Morgan fingerprint density at radius 3 is 2.52 bits per heavy atom. The Kier molecular flexibility index (Phi) is 2.21. The second kappa shape index (κ2) is 3.96. The molecule has 4 rings (SSSR count). The topological polar surface area (TPSA) is 70.7 Å². The largest absolute Gasteiger partial charge is 0.507 e. The molecule has 0 fully saturated rings. The van der Waals surface area contributed by atoms with Gasteiger partial charge in [-0.2, -0.15) is 0 Å². The first kappa shape index (κ1) is 11.7. The summed E-state index contributed by atoms with van der Waals surface area (Å²) in [6, 6.07) is 11.5. The Labute approximate surface area is 119 Å². The van der Waals surface area contributed by atoms with Gasteiger partial charge in [0.2, 0.25) is 0 Å². The number of carbonyl (C=O) groups is 2. The highest BCUT2D eigenvalue weighted by molar-refractivity contribution is 6.37. The molecule has 3 aromatic rings. The lowest BCUT2D eigenvalue weighted by molar-refractivity contribution is 0.0926. The minimum Gasteiger partial charge on any atom is -0.507 e. The van der Waals surface area contributed by atoms with Crippen LogP contribution in [0, 0.1) is 0 Å². The number of rotatable bonds is 1. The predicted molar refractivity (Wildman–Crippen MR) is 75.5 cm³/mol. The van der Waals surface area contributed by atoms with E-state index in [1.807, 2.05) is 0 Å². The molecule has 21 heavy (non-hydrogen) atoms. The average molecular weight is 279 g/mol. The van der Waals surface area contributed by atoms with Gasteiger partial charge in [-0.1, -0.05) is 18.2 Å². The summed E-state index contributed by atoms with van der Waals surface area (Å²) in [4.78, 5) is 26.2. The van der Waals surface area contributed by atoms with E-state index in [2.05, 4.69) is 0 Å². The summed E-state index contributed by atoms with van der Waals surface area (Å²) in [5.74, 6) is -0.982. The van der Waals surface area contributed by atoms with E-state index >= 15 is 0 Å². The number of phenols is 1. The number of para-hydroxylation sites is 1. The van der Waals surface area contributed by atoms with E-state index in [0.29, 0.717) is 11.1 Å². The number of nitrogens with zero attached hydrogens (tertiary/aromatic N) is 1. The molecule has 0 aliphatic carbocycles. The SMILES string of the molecule is O=C1c2cc(O)c3ccoc3c2C(=O)N1c1ccccc1. The summed E-state index contributed by atoms with van der Waals surface area (Å²) in [7, 11) is 0. The fourth-order valence-corrected chi connectivity index (χ4v) is 2.63. The van der Waals surface area contributed by atoms with Crippen LogP contribution < -0.4 is 4.90 Å². The van der Waals surface area contributed by atoms with E-state index in [1.54, 1.807) is 36.4 Å². The lowest BCUT2D eigenvalue weighted by Crippen LogP contribution is -2.29. The van der Waals surface area contributed by atoms with Gasteiger partial charge in [-0.3, -0.25) is 9.59 Å². The third-order valence-electron chi connectivity index (χ3n) is 3.58. The van der Waals surface area contributed by atoms with Crippen LogP contribution in [0.3, 0.4) is 0 Å². The molecule has 1 aromatic heterocycles. The van der Waals surface area contributed by atoms with Crippen molar-refractivity contribution in [1.29, 1.82) is 0 Å². The first-order chi connectivity index (χ1) is 10.2. The number of furan rings is 1. The average Bonchev–Trinajstić information content (AvgIpc) is 3.05. The summed E-state index contributed by atoms with van der Waals surface area (Å²) in [5.41, 5.74) is 1.08. The number of phenolic OH excluding ortho intramolecular Hbond substituents is 1. The highest BCUT2D eigenvalue weighted by atomic mass is 16.3. The van der Waals surface area contributed by atoms with Crippen molar-refractivity contribution in [3.05, 3.63) is 59.9 Å². The lowest BCUT2D eigenvalue weighted by Gasteiger charge is -2.13. The number of hydrogen-bond acceptors (Lipinski definition) is 4. The van der Waals surface area contributed by atoms with Gasteiger partial charge in [-0.05, 0) is 24.3 Å². The summed E-state index contributed by atoms with van der Waals surface area (Å²) >= 11 is 0. The molecular weight excluding hydrogens is 270 g/mol. The number of carbonyl (C=O) groups excluding carboxylic acids is 2. The maximum Gasteiger partial charge on any atom is 0.269 e. The zero-order valence-electron chi connectivity index (χ0n) is 10.7. The summed E-state index contributed by atoms with van der Waals surface area (Å²) in [6.07, 6.45) is 1.38. The monoisotopic (exact) mass is 279 g/mol. The quantitative estimate of drug-likeness (QED) is 0.695. The fourth-order valence-electron chi connectivity index (χ4n) is 2.63. The molecule has 0 atom stereocenters. The van der Waals surface area contributed by atoms with Crippen LogP contribution in [0.4, 0.5) is 5.69 Å². The van der Waals surface area contributed by atoms with Gasteiger partial charge in [0.25, 0.3) is 11.8 Å². The number of aromatic hydroxyl groups is 1. The van der Waals surface area contributed by atoms with Crippen LogP contribution in [0.2, 0.25) is 0 Å². The number of amides is 2. The minimum absolute atomic E-state index is 0.0754. The Balaban J connectivity index is 1.99. The Morgan fingerprint density at radius 2 is 1.76 bits per heavy atom. The van der Waals surface area contributed by atoms with Crippen LogP contribution in [0.15, 0.2) is 53.1 Å². The number of hydrogen-bond donors (Lipinski definition) is 1. The summed E-state index contributed by atoms with van der Waals surface area (Å²) < 4.78 is 5.28. The molecular formula is C16H9NO4. The molecule has 0 unspecified atom stereocenters. The van der Waals surface area contributed by atoms with Crippen LogP contribution in [0.1, 0.15) is 20.7 Å². The van der Waals surface area contributed by atoms with Crippen LogP contribution in [0.5, 0.6) is 5.75 Å². The molecule has 2 heterocycles. The normalized spacial score (nSPS) is 14.0. The molecule has 5 heteroatoms. The number of imide groups is 1. The molecule has 0 radical (unpaired) electrons. The molecule has 0 saturated carbocycles. The van der Waals surface area contributed by atoms with E-state index < -0.39 is 11.8 Å². The van der Waals surface area contributed by atoms with Crippen molar-refractivity contribution >= 4 is 28.5 Å². The molecule has 2 aromatic carbocycles. The van der Waals surface area contributed by atoms with Gasteiger partial charge in [0.05, 0.1) is 28.5 Å². The number of fused-ring (bicyclic) bond motifs is 3. The molecule has 1 N–H and O–H groups in total. The van der Waals surface area contributed by atoms with Crippen molar-refractivity contribution in [2.24, 2.45) is 0 Å². The number of anilines is 1. The third kappa shape index (κ3) is 1.45. The first-order valence-corrected chi connectivity index (χ1v) is 6.35. The van der Waals surface area contributed by atoms with Crippen molar-refractivity contribution in [3.63, 3.8) is 0 Å². The second-order valence-electron chi connectivity index (χ2n) is 4.76. The van der Waals surface area contributed by atoms with Crippen molar-refractivity contribution in [1.82, 2.24) is 0 Å². The third-order valence-corrected chi connectivity index (χ3v) is 3.58. The Hall–Kier alpha value is -3.08. The zero-order chi connectivity index (χ0) is 14.6. The Morgan fingerprint density at radius 1 is 1.00 bits per heavy atom. The number of benzene rings is 2. The smallest absolute Gasteiger partial charge is 0.269 e. The standard InChI is InChI=1S/C16H9NO4/c18-12-8-11-13(14-10(12)6-7-21-14)16(20)17(15(11)19)9-4-2-1-3-5-9/h1-8,18H. The molecule has 0 saturated heterocycles. The van der Waals surface area contributed by atoms with Gasteiger partial charge < -0.3 is 9.52 Å². The van der Waals surface area contributed by atoms with Crippen molar-refractivity contribution < 1.29 is 19.1 Å². The van der Waals surface area contributed by atoms with Crippen LogP contribution in [-0.4, -0.2) is 16.9 Å². The fraction of sp³-hybridized carbons (Fsp3) is 0. The maximum atomic E-state index is 12.6. The highest BCUT2D eigenvalue weighted by Gasteiger charge is 2.40. The maximum absolute atomic E-state index is 12.6. The zero-order valence-corrected chi connectivity index (χ0v) is 10.7. The van der Waals surface area contributed by atoms with Crippen LogP contribution in [-0.2, 0) is 0 Å². The van der Waals surface area contributed by atoms with E-state index in [1.165, 1.54) is 12.3 Å². The molecule has 0 spiro atoms. The lowest BCUT2D eigenvalue weighted by atomic mass is 10.1. The van der Waals surface area contributed by atoms with E-state index in [0.717, 1.165) is 4.90 Å². The van der Waals surface area contributed by atoms with Crippen molar-refractivity contribution in [3.8, 4) is 5.75 Å². The van der Waals surface area contributed by atoms with E-state index in [-0.39, 0.29) is 22.5 Å². The van der Waals surface area contributed by atoms with Crippen molar-refractivity contribution in [2.75, 3.05) is 4.90 Å².